The highest BCUT2D eigenvalue weighted by Gasteiger charge is 2.84. The van der Waals surface area contributed by atoms with E-state index in [1.807, 2.05) is 33.9 Å². The van der Waals surface area contributed by atoms with Crippen molar-refractivity contribution in [3.05, 3.63) is 29.3 Å². The van der Waals surface area contributed by atoms with Gasteiger partial charge in [0.1, 0.15) is 36.3 Å². The van der Waals surface area contributed by atoms with Crippen LogP contribution in [0.3, 0.4) is 0 Å². The third kappa shape index (κ3) is 6.33. The number of ether oxygens (including phenoxy) is 2. The first-order valence-corrected chi connectivity index (χ1v) is 22.8. The molecule has 1 spiro atoms. The van der Waals surface area contributed by atoms with Crippen LogP contribution in [0.2, 0.25) is 18.1 Å². The number of H-pyrrole nitrogens is 1. The Bertz CT molecular complexity index is 2340. The second-order valence-corrected chi connectivity index (χ2v) is 22.9. The van der Waals surface area contributed by atoms with E-state index in [4.69, 9.17) is 43.5 Å². The molecule has 1 saturated carbocycles. The molecule has 22 nitrogen and oxygen atoms in total. The Kier molecular flexibility index (Phi) is 8.82. The Morgan fingerprint density at radius 1 is 0.964 bits per heavy atom. The number of anilines is 2. The Morgan fingerprint density at radius 3 is 2.27 bits per heavy atom. The van der Waals surface area contributed by atoms with E-state index in [0.29, 0.717) is 0 Å². The minimum absolute atomic E-state index is 0.0176. The number of nitrogens with zero attached hydrogens (tertiary/aromatic N) is 7. The summed E-state index contributed by atoms with van der Waals surface area (Å²) in [6, 6.07) is 0. The van der Waals surface area contributed by atoms with Gasteiger partial charge in [-0.3, -0.25) is 37.0 Å². The van der Waals surface area contributed by atoms with Crippen LogP contribution in [0.5, 0.6) is 0 Å². The number of rotatable bonds is 4. The Morgan fingerprint density at radius 2 is 1.60 bits per heavy atom. The van der Waals surface area contributed by atoms with Gasteiger partial charge < -0.3 is 35.2 Å². The molecular formula is C28H38F2N10O12P2Si. The van der Waals surface area contributed by atoms with Gasteiger partial charge in [-0.1, -0.05) is 20.8 Å². The first-order chi connectivity index (χ1) is 25.5. The van der Waals surface area contributed by atoms with E-state index in [1.54, 1.807) is 0 Å². The summed E-state index contributed by atoms with van der Waals surface area (Å²) in [5.74, 6) is -3.86. The summed E-state index contributed by atoms with van der Waals surface area (Å²) in [7, 11) is -13.5. The van der Waals surface area contributed by atoms with Gasteiger partial charge in [-0.25, -0.2) is 37.8 Å². The summed E-state index contributed by atoms with van der Waals surface area (Å²) in [6.45, 7) is 7.73. The van der Waals surface area contributed by atoms with Crippen molar-refractivity contribution < 1.29 is 59.7 Å². The van der Waals surface area contributed by atoms with Crippen molar-refractivity contribution in [3.63, 3.8) is 0 Å². The van der Waals surface area contributed by atoms with Gasteiger partial charge in [0.05, 0.1) is 37.4 Å². The molecule has 0 radical (unpaired) electrons. The monoisotopic (exact) mass is 834 g/mol. The van der Waals surface area contributed by atoms with Crippen molar-refractivity contribution in [1.82, 2.24) is 39.0 Å². The highest BCUT2D eigenvalue weighted by molar-refractivity contribution is 7.47. The lowest BCUT2D eigenvalue weighted by molar-refractivity contribution is -0.0673. The number of halogens is 2. The van der Waals surface area contributed by atoms with Crippen LogP contribution in [-0.4, -0.2) is 107 Å². The molecule has 27 heteroatoms. The lowest BCUT2D eigenvalue weighted by Gasteiger charge is -2.40. The van der Waals surface area contributed by atoms with E-state index in [9.17, 15) is 23.7 Å². The van der Waals surface area contributed by atoms with Crippen LogP contribution >= 0.6 is 15.6 Å². The number of aromatic nitrogens is 8. The third-order valence-electron chi connectivity index (χ3n) is 10.9. The largest absolute Gasteiger partial charge is 0.472 e. The molecule has 0 aromatic carbocycles. The number of aromatic amines is 1. The van der Waals surface area contributed by atoms with Crippen LogP contribution in [0.15, 0.2) is 23.8 Å². The number of hydrogen-bond donors (Lipinski definition) is 5. The molecule has 7 N–H and O–H groups in total. The number of nitrogen functional groups attached to an aromatic ring is 2. The third-order valence-corrected chi connectivity index (χ3v) is 17.3. The van der Waals surface area contributed by atoms with E-state index in [-0.39, 0.29) is 34.1 Å². The molecule has 8 rings (SSSR count). The Balaban J connectivity index is 1.20. The second-order valence-electron chi connectivity index (χ2n) is 15.3. The van der Waals surface area contributed by atoms with Crippen molar-refractivity contribution in [3.8, 4) is 0 Å². The maximum Gasteiger partial charge on any atom is 0.472 e. The molecule has 2 bridgehead atoms. The zero-order valence-electron chi connectivity index (χ0n) is 29.8. The number of nitrogens with one attached hydrogen (secondary N) is 1. The molecule has 3 aliphatic heterocycles. The van der Waals surface area contributed by atoms with Gasteiger partial charge in [-0.15, -0.1) is 0 Å². The number of phosphoric acid groups is 2. The van der Waals surface area contributed by atoms with Gasteiger partial charge in [0.25, 0.3) is 11.5 Å². The van der Waals surface area contributed by atoms with E-state index >= 15 is 8.78 Å². The maximum atomic E-state index is 15.6. The fourth-order valence-electron chi connectivity index (χ4n) is 7.03. The van der Waals surface area contributed by atoms with Crippen molar-refractivity contribution in [2.75, 3.05) is 24.7 Å². The first-order valence-electron chi connectivity index (χ1n) is 16.9. The van der Waals surface area contributed by atoms with Gasteiger partial charge in [0, 0.05) is 6.42 Å². The number of nitrogens with two attached hydrogens (primary N) is 2. The molecule has 0 amide bonds. The SMILES string of the molecule is CC(C)(C)[Si](C)(C)O[C@@H]1[C@@H]2OP(=O)(O)OC[C@H]3O[C@@H](n4cnc5c(N)ncnc54)[C@H](OP(=O)(O)OC[C@H]2O[C@H]1n1cnc2c(=O)[nH]c(N)nc21)[C@@]31CC1(F)F. The van der Waals surface area contributed by atoms with E-state index < -0.39 is 109 Å². The quantitative estimate of drug-likeness (QED) is 0.146. The lowest BCUT2D eigenvalue weighted by atomic mass is 9.94. The summed E-state index contributed by atoms with van der Waals surface area (Å²) in [6.07, 6.45) is -8.45. The highest BCUT2D eigenvalue weighted by atomic mass is 31.2. The molecule has 3 saturated heterocycles. The molecule has 10 atom stereocenters. The van der Waals surface area contributed by atoms with Crippen LogP contribution in [0.25, 0.3) is 22.3 Å². The van der Waals surface area contributed by atoms with Crippen LogP contribution in [-0.2, 0) is 41.1 Å². The number of hydrogen-bond acceptors (Lipinski definition) is 17. The van der Waals surface area contributed by atoms with Gasteiger partial charge >= 0.3 is 15.6 Å². The van der Waals surface area contributed by atoms with Gasteiger partial charge in [0.15, 0.2) is 43.4 Å². The van der Waals surface area contributed by atoms with Gasteiger partial charge in [0.2, 0.25) is 5.95 Å². The molecule has 4 aromatic heterocycles. The van der Waals surface area contributed by atoms with Crippen molar-refractivity contribution in [2.45, 2.75) is 94.2 Å². The minimum atomic E-state index is -5.34. The zero-order valence-corrected chi connectivity index (χ0v) is 32.6. The zero-order chi connectivity index (χ0) is 39.7. The van der Waals surface area contributed by atoms with E-state index in [1.165, 1.54) is 15.5 Å². The fraction of sp³-hybridized carbons (Fsp3) is 0.643. The van der Waals surface area contributed by atoms with Gasteiger partial charge in [-0.05, 0) is 18.1 Å². The lowest BCUT2D eigenvalue weighted by Crippen LogP contribution is -2.49. The molecule has 4 aromatic rings. The highest BCUT2D eigenvalue weighted by Crippen LogP contribution is 2.73. The second kappa shape index (κ2) is 12.6. The average Bonchev–Trinajstić information content (AvgIpc) is 3.57. The summed E-state index contributed by atoms with van der Waals surface area (Å²) < 4.78 is 102. The Labute approximate surface area is 310 Å². The van der Waals surface area contributed by atoms with Crippen LogP contribution in [0.4, 0.5) is 20.5 Å². The van der Waals surface area contributed by atoms with Crippen LogP contribution in [0, 0.1) is 5.41 Å². The standard InChI is InChI=1S/C28H38F2N10O12P2Si/c1-26(2,3)55(4,5)52-17-16-12(48-23(17)40-11-36-15-21(40)37-25(32)38-22(15)41)6-46-54(44,45)51-18-24(39-10-35-14-19(31)33-9-34-20(14)39)49-13(7-47-53(42,43)50-16)27(18)8-28(27,29)30/h9-13,16-18,23-24H,6-8H2,1-5H3,(H,42,43)(H,44,45)(H2,31,33,34)(H3,32,37,38,41)/t12-,13-,16-,17-,18+,23-,24-,27-/m1/s1. The topological polar surface area (TPSA) is 298 Å². The minimum Gasteiger partial charge on any atom is -0.407 e. The summed E-state index contributed by atoms with van der Waals surface area (Å²) >= 11 is 0. The van der Waals surface area contributed by atoms with Crippen molar-refractivity contribution in [2.24, 2.45) is 5.41 Å². The maximum absolute atomic E-state index is 15.6. The van der Waals surface area contributed by atoms with Crippen LogP contribution < -0.4 is 17.0 Å². The predicted octanol–water partition coefficient (Wildman–Crippen LogP) is 2.35. The number of phosphoric ester groups is 2. The molecule has 4 fully saturated rings. The Hall–Kier alpha value is -3.32. The molecule has 1 aliphatic carbocycles. The van der Waals surface area contributed by atoms with E-state index in [2.05, 4.69) is 29.9 Å². The number of fused-ring (bicyclic) bond motifs is 3. The average molecular weight is 835 g/mol. The van der Waals surface area contributed by atoms with Crippen LogP contribution in [0.1, 0.15) is 39.6 Å². The summed E-state index contributed by atoms with van der Waals surface area (Å²) in [5, 5.41) is -0.449. The van der Waals surface area contributed by atoms with Gasteiger partial charge in [-0.2, -0.15) is 4.98 Å². The molecule has 4 aliphatic rings. The smallest absolute Gasteiger partial charge is 0.407 e. The van der Waals surface area contributed by atoms with Crippen molar-refractivity contribution in [1.29, 1.82) is 0 Å². The molecule has 300 valence electrons. The number of alkyl halides is 2. The predicted molar refractivity (Wildman–Crippen MR) is 185 cm³/mol. The van der Waals surface area contributed by atoms with E-state index in [0.717, 1.165) is 12.7 Å². The van der Waals surface area contributed by atoms with Crippen molar-refractivity contribution >= 4 is 58.1 Å². The number of imidazole rings is 2. The first kappa shape index (κ1) is 38.5. The molecule has 7 heterocycles. The molecule has 2 unspecified atom stereocenters. The summed E-state index contributed by atoms with van der Waals surface area (Å²) in [4.78, 5) is 57.9. The molecule has 55 heavy (non-hydrogen) atoms. The fourth-order valence-corrected chi connectivity index (χ4v) is 10.2. The normalized spacial score (nSPS) is 36.8. The summed E-state index contributed by atoms with van der Waals surface area (Å²) in [5.41, 5.74) is 8.68. The molecular weight excluding hydrogens is 796 g/mol.